The van der Waals surface area contributed by atoms with Gasteiger partial charge in [0.15, 0.2) is 5.82 Å². The quantitative estimate of drug-likeness (QED) is 0.873. The van der Waals surface area contributed by atoms with Crippen LogP contribution in [0.15, 0.2) is 18.2 Å². The fraction of sp³-hybridized carbons (Fsp3) is 0.333. The highest BCUT2D eigenvalue weighted by Gasteiger charge is 2.25. The van der Waals surface area contributed by atoms with Crippen molar-refractivity contribution in [2.24, 2.45) is 0 Å². The van der Waals surface area contributed by atoms with Gasteiger partial charge in [0.05, 0.1) is 11.4 Å². The van der Waals surface area contributed by atoms with Crippen LogP contribution in [-0.2, 0) is 5.41 Å². The molecule has 2 N–H and O–H groups in total. The van der Waals surface area contributed by atoms with Crippen LogP contribution >= 0.6 is 23.2 Å². The smallest absolute Gasteiger partial charge is 0.170 e. The summed E-state index contributed by atoms with van der Waals surface area (Å²) in [7, 11) is 0. The second-order valence-corrected chi connectivity index (χ2v) is 5.99. The molecule has 2 aromatic rings. The van der Waals surface area contributed by atoms with E-state index in [0.29, 0.717) is 15.9 Å². The summed E-state index contributed by atoms with van der Waals surface area (Å²) in [6, 6.07) is 5.22. The van der Waals surface area contributed by atoms with Crippen molar-refractivity contribution in [1.82, 2.24) is 15.0 Å². The lowest BCUT2D eigenvalue weighted by atomic mass is 9.91. The Labute approximate surface area is 116 Å². The number of benzene rings is 1. The Morgan fingerprint density at radius 3 is 2.17 bits per heavy atom. The molecule has 0 saturated carbocycles. The van der Waals surface area contributed by atoms with Crippen molar-refractivity contribution < 1.29 is 0 Å². The van der Waals surface area contributed by atoms with E-state index in [2.05, 4.69) is 10.3 Å². The number of nitrogens with two attached hydrogens (primary N) is 1. The van der Waals surface area contributed by atoms with Gasteiger partial charge in [0, 0.05) is 15.5 Å². The fourth-order valence-corrected chi connectivity index (χ4v) is 2.35. The number of hydrogen-bond donors (Lipinski definition) is 1. The van der Waals surface area contributed by atoms with Crippen LogP contribution in [0.2, 0.25) is 10.0 Å². The molecule has 1 aromatic carbocycles. The highest BCUT2D eigenvalue weighted by Crippen LogP contribution is 2.30. The first kappa shape index (κ1) is 13.2. The largest absolute Gasteiger partial charge is 0.381 e. The minimum absolute atomic E-state index is 0.178. The molecule has 0 radical (unpaired) electrons. The van der Waals surface area contributed by atoms with Gasteiger partial charge in [0.2, 0.25) is 0 Å². The summed E-state index contributed by atoms with van der Waals surface area (Å²) in [4.78, 5) is 0. The molecule has 6 heteroatoms. The fourth-order valence-electron chi connectivity index (χ4n) is 1.84. The Bertz CT molecular complexity index is 564. The van der Waals surface area contributed by atoms with Gasteiger partial charge in [0.25, 0.3) is 0 Å². The van der Waals surface area contributed by atoms with Crippen LogP contribution in [0.3, 0.4) is 0 Å². The average Bonchev–Trinajstić information content (AvgIpc) is 2.57. The second kappa shape index (κ2) is 4.44. The summed E-state index contributed by atoms with van der Waals surface area (Å²) < 4.78 is 1.67. The number of nitrogens with zero attached hydrogens (tertiary/aromatic N) is 3. The van der Waals surface area contributed by atoms with Crippen molar-refractivity contribution in [3.05, 3.63) is 33.9 Å². The van der Waals surface area contributed by atoms with E-state index < -0.39 is 0 Å². The van der Waals surface area contributed by atoms with E-state index in [4.69, 9.17) is 28.9 Å². The minimum atomic E-state index is -0.178. The van der Waals surface area contributed by atoms with Gasteiger partial charge in [0.1, 0.15) is 0 Å². The van der Waals surface area contributed by atoms with Gasteiger partial charge in [-0.05, 0) is 18.2 Å². The van der Waals surface area contributed by atoms with E-state index in [1.807, 2.05) is 20.8 Å². The van der Waals surface area contributed by atoms with Crippen molar-refractivity contribution in [2.45, 2.75) is 26.2 Å². The molecule has 0 spiro atoms. The lowest BCUT2D eigenvalue weighted by Gasteiger charge is -2.20. The Morgan fingerprint density at radius 1 is 1.11 bits per heavy atom. The Morgan fingerprint density at radius 2 is 1.67 bits per heavy atom. The predicted molar refractivity (Wildman–Crippen MR) is 74.5 cm³/mol. The maximum absolute atomic E-state index is 6.00. The molecule has 0 amide bonds. The molecule has 0 saturated heterocycles. The summed E-state index contributed by atoms with van der Waals surface area (Å²) in [6.07, 6.45) is 0. The van der Waals surface area contributed by atoms with Gasteiger partial charge < -0.3 is 5.73 Å². The van der Waals surface area contributed by atoms with Crippen molar-refractivity contribution in [1.29, 1.82) is 0 Å². The van der Waals surface area contributed by atoms with Crippen molar-refractivity contribution in [3.63, 3.8) is 0 Å². The van der Waals surface area contributed by atoms with Gasteiger partial charge in [-0.25, -0.2) is 4.68 Å². The molecule has 0 fully saturated rings. The van der Waals surface area contributed by atoms with Gasteiger partial charge in [-0.1, -0.05) is 49.2 Å². The lowest BCUT2D eigenvalue weighted by Crippen LogP contribution is -2.19. The zero-order valence-electron chi connectivity index (χ0n) is 10.4. The average molecular weight is 285 g/mol. The molecule has 0 bridgehead atoms. The number of aromatic nitrogens is 3. The highest BCUT2D eigenvalue weighted by atomic mass is 35.5. The normalized spacial score (nSPS) is 11.8. The summed E-state index contributed by atoms with van der Waals surface area (Å²) in [5.41, 5.74) is 7.29. The van der Waals surface area contributed by atoms with Gasteiger partial charge in [-0.3, -0.25) is 0 Å². The van der Waals surface area contributed by atoms with Crippen LogP contribution in [0.5, 0.6) is 0 Å². The van der Waals surface area contributed by atoms with Crippen molar-refractivity contribution in [2.75, 3.05) is 5.73 Å². The topological polar surface area (TPSA) is 56.7 Å². The summed E-state index contributed by atoms with van der Waals surface area (Å²) in [5.74, 6) is 0.415. The second-order valence-electron chi connectivity index (χ2n) is 5.11. The summed E-state index contributed by atoms with van der Waals surface area (Å²) in [6.45, 7) is 6.14. The first-order chi connectivity index (χ1) is 8.29. The predicted octanol–water partition coefficient (Wildman–Crippen LogP) is 3.45. The third kappa shape index (κ3) is 2.44. The summed E-state index contributed by atoms with van der Waals surface area (Å²) >= 11 is 12.0. The van der Waals surface area contributed by atoms with Crippen molar-refractivity contribution in [3.8, 4) is 5.69 Å². The molecule has 0 atom stereocenters. The van der Waals surface area contributed by atoms with Crippen LogP contribution in [0, 0.1) is 0 Å². The first-order valence-corrected chi connectivity index (χ1v) is 6.23. The molecule has 2 rings (SSSR count). The van der Waals surface area contributed by atoms with Crippen molar-refractivity contribution >= 4 is 29.0 Å². The number of hydrogen-bond acceptors (Lipinski definition) is 3. The van der Waals surface area contributed by atoms with Crippen LogP contribution in [0.25, 0.3) is 5.69 Å². The molecule has 0 unspecified atom stereocenters. The summed E-state index contributed by atoms with van der Waals surface area (Å²) in [5, 5.41) is 9.08. The zero-order valence-corrected chi connectivity index (χ0v) is 11.9. The standard InChI is InChI=1S/C12H14Cl2N4/c1-12(2,3)10-11(15)16-17-18(10)9-5-7(13)4-8(14)6-9/h4-6H,15H2,1-3H3. The molecular formula is C12H14Cl2N4. The number of rotatable bonds is 1. The highest BCUT2D eigenvalue weighted by molar-refractivity contribution is 6.34. The molecule has 0 aliphatic rings. The Kier molecular flexibility index (Phi) is 3.25. The van der Waals surface area contributed by atoms with Gasteiger partial charge in [-0.2, -0.15) is 0 Å². The number of anilines is 1. The van der Waals surface area contributed by atoms with Crippen LogP contribution in [-0.4, -0.2) is 15.0 Å². The van der Waals surface area contributed by atoms with E-state index in [1.54, 1.807) is 22.9 Å². The van der Waals surface area contributed by atoms with Crippen LogP contribution in [0.1, 0.15) is 26.5 Å². The van der Waals surface area contributed by atoms with E-state index in [0.717, 1.165) is 11.4 Å². The first-order valence-electron chi connectivity index (χ1n) is 5.47. The third-order valence-corrected chi connectivity index (χ3v) is 2.94. The van der Waals surface area contributed by atoms with Crippen LogP contribution < -0.4 is 5.73 Å². The maximum Gasteiger partial charge on any atom is 0.170 e. The minimum Gasteiger partial charge on any atom is -0.381 e. The molecule has 1 heterocycles. The zero-order chi connectivity index (χ0) is 13.5. The Hall–Kier alpha value is -1.26. The SMILES string of the molecule is CC(C)(C)c1c(N)nnn1-c1cc(Cl)cc(Cl)c1. The lowest BCUT2D eigenvalue weighted by molar-refractivity contribution is 0.544. The molecule has 0 aliphatic carbocycles. The van der Waals surface area contributed by atoms with E-state index in [1.165, 1.54) is 0 Å². The Balaban J connectivity index is 2.65. The number of nitrogen functional groups attached to an aromatic ring is 1. The monoisotopic (exact) mass is 284 g/mol. The third-order valence-electron chi connectivity index (χ3n) is 2.50. The van der Waals surface area contributed by atoms with E-state index in [-0.39, 0.29) is 5.41 Å². The number of halogens is 2. The molecule has 4 nitrogen and oxygen atoms in total. The van der Waals surface area contributed by atoms with Gasteiger partial charge in [-0.15, -0.1) is 5.10 Å². The van der Waals surface area contributed by atoms with Gasteiger partial charge >= 0.3 is 0 Å². The molecule has 0 aliphatic heterocycles. The van der Waals surface area contributed by atoms with Crippen LogP contribution in [0.4, 0.5) is 5.82 Å². The molecule has 96 valence electrons. The maximum atomic E-state index is 6.00. The molecule has 1 aromatic heterocycles. The van der Waals surface area contributed by atoms with E-state index in [9.17, 15) is 0 Å². The molecule has 18 heavy (non-hydrogen) atoms. The van der Waals surface area contributed by atoms with E-state index >= 15 is 0 Å². The molecular weight excluding hydrogens is 271 g/mol.